The Balaban J connectivity index is 1.73. The second-order valence-corrected chi connectivity index (χ2v) is 6.71. The number of fused-ring (bicyclic) bond motifs is 1. The summed E-state index contributed by atoms with van der Waals surface area (Å²) >= 11 is 0. The van der Waals surface area contributed by atoms with E-state index in [1.54, 1.807) is 24.7 Å². The molecule has 4 heteroatoms. The third kappa shape index (κ3) is 2.92. The van der Waals surface area contributed by atoms with Crippen LogP contribution in [0.2, 0.25) is 0 Å². The zero-order chi connectivity index (χ0) is 18.1. The largest absolute Gasteiger partial charge is 0.340 e. The molecule has 0 N–H and O–H groups in total. The van der Waals surface area contributed by atoms with Crippen LogP contribution in [0.15, 0.2) is 61.2 Å². The molecule has 0 bridgehead atoms. The molecule has 0 fully saturated rings. The van der Waals surface area contributed by atoms with E-state index < -0.39 is 0 Å². The molecule has 132 valence electrons. The molecule has 0 unspecified atom stereocenters. The number of nitrogens with zero attached hydrogens (tertiary/aromatic N) is 3. The minimum Gasteiger partial charge on any atom is -0.340 e. The first-order valence-corrected chi connectivity index (χ1v) is 9.02. The highest BCUT2D eigenvalue weighted by Gasteiger charge is 2.14. The molecule has 0 saturated heterocycles. The number of hydrogen-bond acceptors (Lipinski definition) is 1. The van der Waals surface area contributed by atoms with Gasteiger partial charge >= 0.3 is 0 Å². The Hall–Kier alpha value is -2.88. The van der Waals surface area contributed by atoms with Gasteiger partial charge in [0.1, 0.15) is 5.82 Å². The monoisotopic (exact) mass is 347 g/mol. The molecule has 2 aromatic carbocycles. The number of benzene rings is 2. The van der Waals surface area contributed by atoms with Gasteiger partial charge in [0.05, 0.1) is 6.33 Å². The Labute approximate surface area is 152 Å². The summed E-state index contributed by atoms with van der Waals surface area (Å²) in [5.41, 5.74) is 5.91. The normalized spacial score (nSPS) is 11.3. The summed E-state index contributed by atoms with van der Waals surface area (Å²) in [5, 5.41) is 1.02. The molecule has 0 aliphatic carbocycles. The number of aryl methyl sites for hydroxylation is 1. The van der Waals surface area contributed by atoms with Crippen molar-refractivity contribution in [3.05, 3.63) is 83.8 Å². The lowest BCUT2D eigenvalue weighted by molar-refractivity contribution is 0.629. The maximum atomic E-state index is 13.7. The van der Waals surface area contributed by atoms with E-state index in [9.17, 15) is 4.39 Å². The first-order valence-electron chi connectivity index (χ1n) is 9.02. The van der Waals surface area contributed by atoms with Crippen molar-refractivity contribution in [1.29, 1.82) is 0 Å². The van der Waals surface area contributed by atoms with Crippen molar-refractivity contribution in [2.24, 2.45) is 0 Å². The zero-order valence-corrected chi connectivity index (χ0v) is 15.1. The standard InChI is InChI=1S/C22H22FN3/c1-3-4-21-16(2)20-13-18(23)7-10-22(20)26(21)14-17-5-8-19(9-6-17)25-12-11-24-15-25/h5-13,15H,3-4,14H2,1-2H3. The van der Waals surface area contributed by atoms with Gasteiger partial charge in [-0.25, -0.2) is 9.37 Å². The van der Waals surface area contributed by atoms with Crippen LogP contribution in [0, 0.1) is 12.7 Å². The topological polar surface area (TPSA) is 22.8 Å². The molecular weight excluding hydrogens is 325 g/mol. The summed E-state index contributed by atoms with van der Waals surface area (Å²) < 4.78 is 18.1. The van der Waals surface area contributed by atoms with Gasteiger partial charge in [0.15, 0.2) is 0 Å². The van der Waals surface area contributed by atoms with E-state index in [0.717, 1.165) is 36.0 Å². The Bertz CT molecular complexity index is 1030. The van der Waals surface area contributed by atoms with Gasteiger partial charge in [-0.3, -0.25) is 0 Å². The molecule has 0 aliphatic rings. The Morgan fingerprint density at radius 2 is 1.88 bits per heavy atom. The summed E-state index contributed by atoms with van der Waals surface area (Å²) in [5.74, 6) is -0.175. The minimum absolute atomic E-state index is 0.175. The average Bonchev–Trinajstić information content (AvgIpc) is 3.26. The lowest BCUT2D eigenvalue weighted by atomic mass is 10.1. The quantitative estimate of drug-likeness (QED) is 0.482. The highest BCUT2D eigenvalue weighted by molar-refractivity contribution is 5.85. The van der Waals surface area contributed by atoms with E-state index in [0.29, 0.717) is 0 Å². The van der Waals surface area contributed by atoms with Crippen molar-refractivity contribution in [3.8, 4) is 5.69 Å². The molecule has 26 heavy (non-hydrogen) atoms. The molecule has 0 amide bonds. The van der Waals surface area contributed by atoms with Crippen molar-refractivity contribution in [3.63, 3.8) is 0 Å². The summed E-state index contributed by atoms with van der Waals surface area (Å²) in [6.45, 7) is 5.07. The van der Waals surface area contributed by atoms with Gasteiger partial charge in [-0.2, -0.15) is 0 Å². The lowest BCUT2D eigenvalue weighted by Gasteiger charge is -2.12. The van der Waals surface area contributed by atoms with Crippen molar-refractivity contribution in [1.82, 2.24) is 14.1 Å². The van der Waals surface area contributed by atoms with E-state index in [1.807, 2.05) is 16.8 Å². The van der Waals surface area contributed by atoms with E-state index in [-0.39, 0.29) is 5.82 Å². The van der Waals surface area contributed by atoms with Gasteiger partial charge in [-0.1, -0.05) is 25.5 Å². The molecule has 0 radical (unpaired) electrons. The molecule has 3 nitrogen and oxygen atoms in total. The molecule has 4 rings (SSSR count). The van der Waals surface area contributed by atoms with Crippen molar-refractivity contribution < 1.29 is 4.39 Å². The lowest BCUT2D eigenvalue weighted by Crippen LogP contribution is -2.05. The summed E-state index contributed by atoms with van der Waals surface area (Å²) in [6.07, 6.45) is 7.57. The third-order valence-electron chi connectivity index (χ3n) is 4.98. The van der Waals surface area contributed by atoms with Crippen LogP contribution in [0.3, 0.4) is 0 Å². The highest BCUT2D eigenvalue weighted by atomic mass is 19.1. The van der Waals surface area contributed by atoms with Crippen molar-refractivity contribution in [2.75, 3.05) is 0 Å². The van der Waals surface area contributed by atoms with Crippen LogP contribution in [0.4, 0.5) is 4.39 Å². The summed E-state index contributed by atoms with van der Waals surface area (Å²) in [4.78, 5) is 4.09. The Morgan fingerprint density at radius 1 is 1.08 bits per heavy atom. The predicted molar refractivity (Wildman–Crippen MR) is 103 cm³/mol. The van der Waals surface area contributed by atoms with Crippen LogP contribution in [-0.4, -0.2) is 14.1 Å². The predicted octanol–water partition coefficient (Wildman–Crippen LogP) is 5.28. The van der Waals surface area contributed by atoms with E-state index >= 15 is 0 Å². The van der Waals surface area contributed by atoms with Crippen LogP contribution in [-0.2, 0) is 13.0 Å². The maximum absolute atomic E-state index is 13.7. The molecule has 0 aliphatic heterocycles. The summed E-state index contributed by atoms with van der Waals surface area (Å²) in [6, 6.07) is 13.6. The van der Waals surface area contributed by atoms with E-state index in [1.165, 1.54) is 16.8 Å². The van der Waals surface area contributed by atoms with E-state index in [2.05, 4.69) is 47.7 Å². The van der Waals surface area contributed by atoms with Gasteiger partial charge in [-0.05, 0) is 54.8 Å². The van der Waals surface area contributed by atoms with Crippen LogP contribution in [0.1, 0.15) is 30.2 Å². The van der Waals surface area contributed by atoms with Gasteiger partial charge in [0.2, 0.25) is 0 Å². The average molecular weight is 347 g/mol. The van der Waals surface area contributed by atoms with Gasteiger partial charge in [0, 0.05) is 41.2 Å². The number of imidazole rings is 1. The Morgan fingerprint density at radius 3 is 2.58 bits per heavy atom. The number of halogens is 1. The first kappa shape index (κ1) is 16.6. The SMILES string of the molecule is CCCc1c(C)c2cc(F)ccc2n1Cc1ccc(-n2ccnc2)cc1. The summed E-state index contributed by atoms with van der Waals surface area (Å²) in [7, 11) is 0. The zero-order valence-electron chi connectivity index (χ0n) is 15.1. The number of rotatable bonds is 5. The molecule has 2 heterocycles. The van der Waals surface area contributed by atoms with Crippen LogP contribution in [0.25, 0.3) is 16.6 Å². The first-order chi connectivity index (χ1) is 12.7. The fourth-order valence-electron chi connectivity index (χ4n) is 3.66. The molecule has 0 saturated carbocycles. The fourth-order valence-corrected chi connectivity index (χ4v) is 3.66. The van der Waals surface area contributed by atoms with E-state index in [4.69, 9.17) is 0 Å². The highest BCUT2D eigenvalue weighted by Crippen LogP contribution is 2.28. The maximum Gasteiger partial charge on any atom is 0.123 e. The smallest absolute Gasteiger partial charge is 0.123 e. The third-order valence-corrected chi connectivity index (χ3v) is 4.98. The van der Waals surface area contributed by atoms with Gasteiger partial charge in [-0.15, -0.1) is 0 Å². The minimum atomic E-state index is -0.175. The number of aromatic nitrogens is 3. The second kappa shape index (κ2) is 6.79. The van der Waals surface area contributed by atoms with Crippen LogP contribution >= 0.6 is 0 Å². The molecule has 0 atom stereocenters. The molecule has 4 aromatic rings. The van der Waals surface area contributed by atoms with Crippen LogP contribution in [0.5, 0.6) is 0 Å². The second-order valence-electron chi connectivity index (χ2n) is 6.71. The molecule has 0 spiro atoms. The molecular formula is C22H22FN3. The molecule has 2 aromatic heterocycles. The fraction of sp³-hybridized carbons (Fsp3) is 0.227. The van der Waals surface area contributed by atoms with Gasteiger partial charge < -0.3 is 9.13 Å². The van der Waals surface area contributed by atoms with Crippen molar-refractivity contribution >= 4 is 10.9 Å². The van der Waals surface area contributed by atoms with Gasteiger partial charge in [0.25, 0.3) is 0 Å². The number of hydrogen-bond donors (Lipinski definition) is 0. The Kier molecular flexibility index (Phi) is 4.33. The van der Waals surface area contributed by atoms with Crippen LogP contribution < -0.4 is 0 Å². The van der Waals surface area contributed by atoms with Crippen molar-refractivity contribution in [2.45, 2.75) is 33.2 Å².